The third kappa shape index (κ3) is 7.26. The van der Waals surface area contributed by atoms with Gasteiger partial charge in [-0.3, -0.25) is 0 Å². The summed E-state index contributed by atoms with van der Waals surface area (Å²) in [5.74, 6) is 0.647. The van der Waals surface area contributed by atoms with Crippen molar-refractivity contribution in [2.45, 2.75) is 33.4 Å². The van der Waals surface area contributed by atoms with Gasteiger partial charge in [-0.2, -0.15) is 7.94 Å². The van der Waals surface area contributed by atoms with E-state index in [1.165, 1.54) is 49.1 Å². The highest BCUT2D eigenvalue weighted by Gasteiger charge is 2.29. The molecule has 0 saturated heterocycles. The molecule has 2 heterocycles. The molecule has 0 fully saturated rings. The lowest BCUT2D eigenvalue weighted by atomic mass is 10.2. The number of nitrogen functional groups attached to an aromatic ring is 2. The number of nitrogens with two attached hydrogens (primary N) is 2. The Hall–Kier alpha value is -4.32. The first kappa shape index (κ1) is 35.5. The molecule has 4 N–H and O–H groups in total. The van der Waals surface area contributed by atoms with Gasteiger partial charge in [0.25, 0.3) is 20.0 Å². The largest absolute Gasteiger partial charge is 0.425 e. The van der Waals surface area contributed by atoms with E-state index in [1.54, 1.807) is 62.4 Å². The lowest BCUT2D eigenvalue weighted by Crippen LogP contribution is -2.15. The Morgan fingerprint density at radius 2 is 0.980 bits per heavy atom. The number of hydrogen-bond acceptors (Lipinski definition) is 12. The molecule has 6 aromatic rings. The van der Waals surface area contributed by atoms with Crippen LogP contribution in [0.15, 0.2) is 117 Å². The van der Waals surface area contributed by atoms with Crippen molar-refractivity contribution >= 4 is 76.2 Å². The van der Waals surface area contributed by atoms with Crippen LogP contribution in [0.1, 0.15) is 11.1 Å². The van der Waals surface area contributed by atoms with Gasteiger partial charge in [-0.15, -0.1) is 0 Å². The molecular formula is C32H26Cl2N6O6S4. The number of benzene rings is 4. The lowest BCUT2D eigenvalue weighted by Gasteiger charge is -2.16. The second-order valence-corrected chi connectivity index (χ2v) is 17.2. The molecule has 0 radical (unpaired) electrons. The van der Waals surface area contributed by atoms with Crippen molar-refractivity contribution in [1.82, 2.24) is 17.9 Å². The van der Waals surface area contributed by atoms with Gasteiger partial charge in [0.2, 0.25) is 0 Å². The van der Waals surface area contributed by atoms with E-state index in [0.29, 0.717) is 44.0 Å². The molecule has 0 aliphatic rings. The van der Waals surface area contributed by atoms with Gasteiger partial charge in [-0.25, -0.2) is 26.8 Å². The summed E-state index contributed by atoms with van der Waals surface area (Å²) >= 11 is 13.0. The van der Waals surface area contributed by atoms with Crippen LogP contribution in [0.5, 0.6) is 23.5 Å². The van der Waals surface area contributed by atoms with E-state index < -0.39 is 20.0 Å². The molecule has 50 heavy (non-hydrogen) atoms. The van der Waals surface area contributed by atoms with Crippen molar-refractivity contribution in [3.8, 4) is 23.5 Å². The summed E-state index contributed by atoms with van der Waals surface area (Å²) < 4.78 is 70.0. The molecule has 0 spiro atoms. The Morgan fingerprint density at radius 1 is 0.620 bits per heavy atom. The fraction of sp³-hybridized carbons (Fsp3) is 0.0625. The molecule has 0 aliphatic carbocycles. The number of aryl methyl sites for hydroxylation is 2. The van der Waals surface area contributed by atoms with Crippen LogP contribution in [-0.4, -0.2) is 34.7 Å². The third-order valence-corrected chi connectivity index (χ3v) is 14.0. The van der Waals surface area contributed by atoms with Crippen molar-refractivity contribution in [2.75, 3.05) is 11.5 Å². The van der Waals surface area contributed by atoms with E-state index in [4.69, 9.17) is 44.1 Å². The van der Waals surface area contributed by atoms with Crippen LogP contribution in [0, 0.1) is 13.8 Å². The summed E-state index contributed by atoms with van der Waals surface area (Å²) in [6.07, 6.45) is 5.10. The van der Waals surface area contributed by atoms with E-state index in [-0.39, 0.29) is 31.6 Å². The van der Waals surface area contributed by atoms with E-state index in [1.807, 2.05) is 0 Å². The number of rotatable bonds is 11. The maximum absolute atomic E-state index is 14.2. The molecule has 4 aromatic carbocycles. The van der Waals surface area contributed by atoms with Gasteiger partial charge in [-0.1, -0.05) is 44.8 Å². The summed E-state index contributed by atoms with van der Waals surface area (Å²) in [7, 11) is -6.69. The zero-order chi connectivity index (χ0) is 35.8. The van der Waals surface area contributed by atoms with Crippen LogP contribution in [0.4, 0.5) is 11.4 Å². The van der Waals surface area contributed by atoms with Gasteiger partial charge in [-0.05, 0) is 97.8 Å². The molecule has 18 heteroatoms. The fourth-order valence-electron chi connectivity index (χ4n) is 4.46. The second kappa shape index (κ2) is 14.1. The van der Waals surface area contributed by atoms with Gasteiger partial charge in [0, 0.05) is 43.6 Å². The predicted molar refractivity (Wildman–Crippen MR) is 196 cm³/mol. The van der Waals surface area contributed by atoms with Crippen LogP contribution < -0.4 is 20.9 Å². The minimum atomic E-state index is -4.33. The Bertz CT molecular complexity index is 2270. The predicted octanol–water partition coefficient (Wildman–Crippen LogP) is 8.03. The molecule has 6 rings (SSSR count). The van der Waals surface area contributed by atoms with Crippen molar-refractivity contribution < 1.29 is 26.3 Å². The van der Waals surface area contributed by atoms with Crippen molar-refractivity contribution in [3.63, 3.8) is 0 Å². The van der Waals surface area contributed by atoms with E-state index in [9.17, 15) is 16.8 Å². The first-order valence-corrected chi connectivity index (χ1v) is 20.1. The topological polar surface area (TPSA) is 174 Å². The monoisotopic (exact) mass is 788 g/mol. The smallest absolute Gasteiger partial charge is 0.316 e. The standard InChI is InChI=1S/C32H26Cl2N6O6S4/c1-19-15-29(49(41,42)39-13-11-37-31(39)45-23-7-3-21(35)4-8-23)27(17-25(19)33)47-48-28-18-26(34)20(2)16-30(28)50(43,44)40-14-12-38-32(40)46-24-9-5-22(36)6-10-24/h3-18H,35-36H2,1-2H3. The van der Waals surface area contributed by atoms with Crippen LogP contribution in [0.3, 0.4) is 0 Å². The Morgan fingerprint density at radius 3 is 1.34 bits per heavy atom. The molecule has 0 amide bonds. The van der Waals surface area contributed by atoms with Crippen molar-refractivity contribution in [2.24, 2.45) is 0 Å². The van der Waals surface area contributed by atoms with Gasteiger partial charge < -0.3 is 20.9 Å². The number of ether oxygens (including phenoxy) is 2. The summed E-state index contributed by atoms with van der Waals surface area (Å²) in [6, 6.07) is 18.2. The van der Waals surface area contributed by atoms with E-state index >= 15 is 0 Å². The highest BCUT2D eigenvalue weighted by molar-refractivity contribution is 8.76. The summed E-state index contributed by atoms with van der Waals surface area (Å²) in [5.41, 5.74) is 13.5. The molecule has 0 saturated carbocycles. The molecule has 258 valence electrons. The summed E-state index contributed by atoms with van der Waals surface area (Å²) in [6.45, 7) is 3.34. The van der Waals surface area contributed by atoms with Crippen LogP contribution in [0.2, 0.25) is 10.0 Å². The normalized spacial score (nSPS) is 11.8. The van der Waals surface area contributed by atoms with Crippen LogP contribution >= 0.6 is 44.8 Å². The SMILES string of the molecule is Cc1cc(S(=O)(=O)n2ccnc2Oc2ccc(N)cc2)c(SSc2cc(Cl)c(C)cc2S(=O)(=O)n2ccnc2Oc2ccc(N)cc2)cc1Cl. The summed E-state index contributed by atoms with van der Waals surface area (Å²) in [4.78, 5) is 8.39. The first-order chi connectivity index (χ1) is 23.7. The van der Waals surface area contributed by atoms with Crippen molar-refractivity contribution in [3.05, 3.63) is 119 Å². The molecular weight excluding hydrogens is 764 g/mol. The summed E-state index contributed by atoms with van der Waals surface area (Å²) in [5, 5.41) is 0.599. The molecule has 0 atom stereocenters. The number of imidazole rings is 2. The maximum Gasteiger partial charge on any atom is 0.316 e. The Balaban J connectivity index is 1.35. The molecule has 0 aliphatic heterocycles. The van der Waals surface area contributed by atoms with Crippen LogP contribution in [0.25, 0.3) is 0 Å². The third-order valence-electron chi connectivity index (χ3n) is 7.07. The maximum atomic E-state index is 14.2. The lowest BCUT2D eigenvalue weighted by molar-refractivity contribution is 0.436. The zero-order valence-corrected chi connectivity index (χ0v) is 30.8. The van der Waals surface area contributed by atoms with Gasteiger partial charge in [0.15, 0.2) is 0 Å². The van der Waals surface area contributed by atoms with E-state index in [0.717, 1.165) is 29.5 Å². The minimum absolute atomic E-state index is 0.117. The number of nitrogens with zero attached hydrogens (tertiary/aromatic N) is 4. The van der Waals surface area contributed by atoms with Crippen LogP contribution in [-0.2, 0) is 20.0 Å². The number of aromatic nitrogens is 4. The average Bonchev–Trinajstić information content (AvgIpc) is 3.75. The van der Waals surface area contributed by atoms with Gasteiger partial charge >= 0.3 is 12.0 Å². The molecule has 2 aromatic heterocycles. The Kier molecular flexibility index (Phi) is 10.0. The average molecular weight is 790 g/mol. The first-order valence-electron chi connectivity index (χ1n) is 14.3. The highest BCUT2D eigenvalue weighted by atomic mass is 35.5. The zero-order valence-electron chi connectivity index (χ0n) is 26.0. The van der Waals surface area contributed by atoms with Gasteiger partial charge in [0.1, 0.15) is 21.3 Å². The highest BCUT2D eigenvalue weighted by Crippen LogP contribution is 2.46. The molecule has 0 bridgehead atoms. The number of hydrogen-bond donors (Lipinski definition) is 2. The molecule has 12 nitrogen and oxygen atoms in total. The van der Waals surface area contributed by atoms with E-state index in [2.05, 4.69) is 9.97 Å². The Labute approximate surface area is 305 Å². The number of halogens is 2. The molecule has 0 unspecified atom stereocenters. The number of anilines is 2. The minimum Gasteiger partial charge on any atom is -0.425 e. The van der Waals surface area contributed by atoms with Crippen molar-refractivity contribution in [1.29, 1.82) is 0 Å². The second-order valence-electron chi connectivity index (χ2n) is 10.6. The fourth-order valence-corrected chi connectivity index (χ4v) is 11.0. The van der Waals surface area contributed by atoms with Gasteiger partial charge in [0.05, 0.1) is 12.4 Å². The quantitative estimate of drug-likeness (QED) is 0.0957.